The molecule has 74 valence electrons. The molecular formula is C11H10N4. The van der Waals surface area contributed by atoms with Crippen molar-refractivity contribution in [2.24, 2.45) is 0 Å². The highest BCUT2D eigenvalue weighted by atomic mass is 15.1. The van der Waals surface area contributed by atoms with Gasteiger partial charge in [0.25, 0.3) is 0 Å². The highest BCUT2D eigenvalue weighted by molar-refractivity contribution is 5.77. The molecule has 2 aromatic rings. The topological polar surface area (TPSA) is 65.4 Å². The van der Waals surface area contributed by atoms with Gasteiger partial charge in [0, 0.05) is 5.39 Å². The van der Waals surface area contributed by atoms with E-state index in [0.717, 1.165) is 35.9 Å². The minimum absolute atomic E-state index is 0.328. The molecule has 0 atom stereocenters. The van der Waals surface area contributed by atoms with Gasteiger partial charge in [-0.1, -0.05) is 0 Å². The second kappa shape index (κ2) is 2.80. The summed E-state index contributed by atoms with van der Waals surface area (Å²) in [6, 6.07) is 4.37. The van der Waals surface area contributed by atoms with Crippen LogP contribution in [0.2, 0.25) is 0 Å². The Bertz CT molecular complexity index is 545. The Morgan fingerprint density at radius 3 is 2.93 bits per heavy atom. The van der Waals surface area contributed by atoms with Crippen LogP contribution < -0.4 is 0 Å². The van der Waals surface area contributed by atoms with Crippen LogP contribution in [-0.4, -0.2) is 15.2 Å². The maximum absolute atomic E-state index is 9.20. The quantitative estimate of drug-likeness (QED) is 0.761. The number of fused-ring (bicyclic) bond motifs is 1. The van der Waals surface area contributed by atoms with Crippen LogP contribution in [0.5, 0.6) is 0 Å². The van der Waals surface area contributed by atoms with Crippen LogP contribution in [0.25, 0.3) is 10.9 Å². The number of nitrogens with zero attached hydrogens (tertiary/aromatic N) is 3. The van der Waals surface area contributed by atoms with E-state index in [4.69, 9.17) is 0 Å². The lowest BCUT2D eigenvalue weighted by molar-refractivity contribution is 0.316. The van der Waals surface area contributed by atoms with Crippen molar-refractivity contribution in [3.05, 3.63) is 24.2 Å². The van der Waals surface area contributed by atoms with Crippen molar-refractivity contribution in [3.8, 4) is 6.07 Å². The summed E-state index contributed by atoms with van der Waals surface area (Å²) < 4.78 is 0. The third-order valence-corrected chi connectivity index (χ3v) is 3.24. The Kier molecular flexibility index (Phi) is 1.57. The molecule has 1 fully saturated rings. The Balaban J connectivity index is 2.15. The van der Waals surface area contributed by atoms with Crippen LogP contribution in [0.4, 0.5) is 0 Å². The van der Waals surface area contributed by atoms with Gasteiger partial charge in [0.1, 0.15) is 0 Å². The fraction of sp³-hybridized carbons (Fsp3) is 0.364. The van der Waals surface area contributed by atoms with Crippen LogP contribution >= 0.6 is 0 Å². The van der Waals surface area contributed by atoms with Crippen molar-refractivity contribution in [1.82, 2.24) is 15.2 Å². The highest BCUT2D eigenvalue weighted by Gasteiger charge is 2.40. The molecule has 0 spiro atoms. The Hall–Kier alpha value is -1.89. The first kappa shape index (κ1) is 8.42. The summed E-state index contributed by atoms with van der Waals surface area (Å²) in [5.41, 5.74) is 1.49. The van der Waals surface area contributed by atoms with Gasteiger partial charge >= 0.3 is 0 Å². The van der Waals surface area contributed by atoms with Crippen molar-refractivity contribution in [1.29, 1.82) is 5.26 Å². The van der Waals surface area contributed by atoms with Gasteiger partial charge in [-0.05, 0) is 25.3 Å². The van der Waals surface area contributed by atoms with Crippen LogP contribution in [0.15, 0.2) is 18.5 Å². The zero-order valence-corrected chi connectivity index (χ0v) is 8.20. The van der Waals surface area contributed by atoms with Gasteiger partial charge in [0.05, 0.1) is 35.1 Å². The molecule has 2 heterocycles. The van der Waals surface area contributed by atoms with Crippen LogP contribution in [0, 0.1) is 11.3 Å². The van der Waals surface area contributed by atoms with Crippen molar-refractivity contribution in [2.45, 2.75) is 24.7 Å². The first-order valence-corrected chi connectivity index (χ1v) is 5.05. The maximum atomic E-state index is 9.20. The highest BCUT2D eigenvalue weighted by Crippen LogP contribution is 2.42. The number of pyridine rings is 1. The molecule has 3 rings (SSSR count). The molecule has 15 heavy (non-hydrogen) atoms. The maximum Gasteiger partial charge on any atom is 0.0993 e. The smallest absolute Gasteiger partial charge is 0.0993 e. The van der Waals surface area contributed by atoms with E-state index in [9.17, 15) is 5.26 Å². The predicted molar refractivity (Wildman–Crippen MR) is 55.0 cm³/mol. The average Bonchev–Trinajstić information content (AvgIpc) is 2.64. The summed E-state index contributed by atoms with van der Waals surface area (Å²) in [6.45, 7) is 0. The molecule has 2 aromatic heterocycles. The van der Waals surface area contributed by atoms with E-state index in [2.05, 4.69) is 21.3 Å². The lowest BCUT2D eigenvalue weighted by Crippen LogP contribution is -2.33. The zero-order valence-electron chi connectivity index (χ0n) is 8.20. The second-order valence-electron chi connectivity index (χ2n) is 4.07. The molecule has 1 aliphatic carbocycles. The number of nitriles is 1. The number of aromatic amines is 1. The van der Waals surface area contributed by atoms with Crippen LogP contribution in [0.3, 0.4) is 0 Å². The van der Waals surface area contributed by atoms with E-state index in [-0.39, 0.29) is 5.41 Å². The molecule has 0 bridgehead atoms. The fourth-order valence-corrected chi connectivity index (χ4v) is 2.06. The summed E-state index contributed by atoms with van der Waals surface area (Å²) in [4.78, 5) is 4.35. The molecule has 0 amide bonds. The Morgan fingerprint density at radius 2 is 2.27 bits per heavy atom. The molecule has 0 aliphatic heterocycles. The predicted octanol–water partition coefficient (Wildman–Crippen LogP) is 1.90. The Morgan fingerprint density at radius 1 is 1.40 bits per heavy atom. The number of hydrogen-bond acceptors (Lipinski definition) is 3. The van der Waals surface area contributed by atoms with Crippen molar-refractivity contribution >= 4 is 10.9 Å². The minimum atomic E-state index is -0.328. The van der Waals surface area contributed by atoms with E-state index in [0.29, 0.717) is 0 Å². The van der Waals surface area contributed by atoms with Gasteiger partial charge in [-0.2, -0.15) is 10.4 Å². The van der Waals surface area contributed by atoms with Gasteiger partial charge in [0.15, 0.2) is 0 Å². The third kappa shape index (κ3) is 1.06. The van der Waals surface area contributed by atoms with E-state index in [1.54, 1.807) is 12.4 Å². The first-order chi connectivity index (χ1) is 7.34. The fourth-order valence-electron chi connectivity index (χ4n) is 2.06. The average molecular weight is 198 g/mol. The zero-order chi connectivity index (χ0) is 10.3. The van der Waals surface area contributed by atoms with E-state index in [1.165, 1.54) is 0 Å². The molecule has 0 saturated heterocycles. The first-order valence-electron chi connectivity index (χ1n) is 5.05. The van der Waals surface area contributed by atoms with Gasteiger partial charge in [-0.3, -0.25) is 10.1 Å². The molecule has 4 heteroatoms. The molecule has 0 radical (unpaired) electrons. The number of rotatable bonds is 1. The van der Waals surface area contributed by atoms with Gasteiger partial charge < -0.3 is 0 Å². The molecule has 0 aromatic carbocycles. The van der Waals surface area contributed by atoms with Crippen LogP contribution in [-0.2, 0) is 5.41 Å². The molecule has 1 saturated carbocycles. The number of hydrogen-bond donors (Lipinski definition) is 1. The van der Waals surface area contributed by atoms with Gasteiger partial charge in [-0.25, -0.2) is 0 Å². The summed E-state index contributed by atoms with van der Waals surface area (Å²) in [5.74, 6) is 0. The standard InChI is InChI=1S/C11H10N4/c12-7-11(2-1-3-11)10-4-8-5-14-15-9(8)6-13-10/h4-6H,1-3H2,(H,14,15). The lowest BCUT2D eigenvalue weighted by atomic mass is 9.67. The van der Waals surface area contributed by atoms with Crippen molar-refractivity contribution in [3.63, 3.8) is 0 Å². The van der Waals surface area contributed by atoms with Crippen molar-refractivity contribution < 1.29 is 0 Å². The summed E-state index contributed by atoms with van der Waals surface area (Å²) in [5, 5.41) is 17.0. The summed E-state index contributed by atoms with van der Waals surface area (Å²) in [6.07, 6.45) is 6.51. The summed E-state index contributed by atoms with van der Waals surface area (Å²) >= 11 is 0. The SMILES string of the molecule is N#CC1(c2cc3cn[nH]c3cn2)CCC1. The molecule has 1 aliphatic rings. The largest absolute Gasteiger partial charge is 0.276 e. The van der Waals surface area contributed by atoms with Crippen molar-refractivity contribution in [2.75, 3.05) is 0 Å². The monoisotopic (exact) mass is 198 g/mol. The third-order valence-electron chi connectivity index (χ3n) is 3.24. The second-order valence-corrected chi connectivity index (χ2v) is 4.07. The number of nitrogens with one attached hydrogen (secondary N) is 1. The molecule has 4 nitrogen and oxygen atoms in total. The molecule has 1 N–H and O–H groups in total. The van der Waals surface area contributed by atoms with Crippen LogP contribution in [0.1, 0.15) is 25.0 Å². The normalized spacial score (nSPS) is 18.3. The lowest BCUT2D eigenvalue weighted by Gasteiger charge is -2.34. The van der Waals surface area contributed by atoms with Gasteiger partial charge in [-0.15, -0.1) is 0 Å². The minimum Gasteiger partial charge on any atom is -0.276 e. The van der Waals surface area contributed by atoms with Gasteiger partial charge in [0.2, 0.25) is 0 Å². The van der Waals surface area contributed by atoms with E-state index in [1.807, 2.05) is 6.07 Å². The Labute approximate surface area is 86.9 Å². The molecule has 0 unspecified atom stereocenters. The summed E-state index contributed by atoms with van der Waals surface area (Å²) in [7, 11) is 0. The van der Waals surface area contributed by atoms with E-state index < -0.39 is 0 Å². The number of H-pyrrole nitrogens is 1. The van der Waals surface area contributed by atoms with E-state index >= 15 is 0 Å². The number of aromatic nitrogens is 3. The molecular weight excluding hydrogens is 188 g/mol.